The average molecular weight is 237 g/mol. The zero-order valence-corrected chi connectivity index (χ0v) is 11.0. The Morgan fingerprint density at radius 2 is 1.65 bits per heavy atom. The fourth-order valence-corrected chi connectivity index (χ4v) is 3.91. The Labute approximate surface area is 105 Å². The summed E-state index contributed by atoms with van der Waals surface area (Å²) >= 11 is 0. The summed E-state index contributed by atoms with van der Waals surface area (Å²) in [6.07, 6.45) is 12.6. The predicted octanol–water partition coefficient (Wildman–Crippen LogP) is 2.80. The van der Waals surface area contributed by atoms with Crippen LogP contribution < -0.4 is 0 Å². The molecule has 1 spiro atoms. The summed E-state index contributed by atoms with van der Waals surface area (Å²) in [6.45, 7) is 3.42. The van der Waals surface area contributed by atoms with Gasteiger partial charge in [0.2, 0.25) is 0 Å². The molecule has 3 fully saturated rings. The van der Waals surface area contributed by atoms with E-state index in [1.165, 1.54) is 70.9 Å². The highest BCUT2D eigenvalue weighted by atomic mass is 16.3. The highest BCUT2D eigenvalue weighted by molar-refractivity contribution is 4.90. The summed E-state index contributed by atoms with van der Waals surface area (Å²) in [5.41, 5.74) is 0.708. The van der Waals surface area contributed by atoms with Gasteiger partial charge in [-0.2, -0.15) is 0 Å². The molecule has 0 aromatic heterocycles. The highest BCUT2D eigenvalue weighted by Crippen LogP contribution is 2.44. The van der Waals surface area contributed by atoms with Crippen molar-refractivity contribution in [2.75, 3.05) is 19.6 Å². The maximum atomic E-state index is 10.0. The fourth-order valence-electron chi connectivity index (χ4n) is 3.91. The van der Waals surface area contributed by atoms with Gasteiger partial charge in [-0.05, 0) is 62.9 Å². The maximum absolute atomic E-state index is 10.0. The number of likely N-dealkylation sites (tertiary alicyclic amines) is 1. The minimum absolute atomic E-state index is 0.0320. The van der Waals surface area contributed by atoms with Crippen LogP contribution in [0, 0.1) is 11.3 Å². The third kappa shape index (κ3) is 2.85. The number of nitrogens with zero attached hydrogens (tertiary/aromatic N) is 1. The molecule has 1 saturated heterocycles. The summed E-state index contributed by atoms with van der Waals surface area (Å²) < 4.78 is 0. The number of hydrogen-bond acceptors (Lipinski definition) is 2. The van der Waals surface area contributed by atoms with Crippen molar-refractivity contribution in [3.05, 3.63) is 0 Å². The van der Waals surface area contributed by atoms with Crippen LogP contribution in [0.3, 0.4) is 0 Å². The molecule has 17 heavy (non-hydrogen) atoms. The first kappa shape index (κ1) is 12.0. The Kier molecular flexibility index (Phi) is 3.45. The highest BCUT2D eigenvalue weighted by Gasteiger charge is 2.37. The zero-order chi connectivity index (χ0) is 11.7. The Hall–Kier alpha value is -0.0800. The van der Waals surface area contributed by atoms with Gasteiger partial charge >= 0.3 is 0 Å². The number of hydrogen-bond donors (Lipinski definition) is 1. The molecule has 0 amide bonds. The van der Waals surface area contributed by atoms with Gasteiger partial charge in [-0.25, -0.2) is 0 Å². The minimum Gasteiger partial charge on any atom is -0.392 e. The molecule has 0 radical (unpaired) electrons. The van der Waals surface area contributed by atoms with E-state index in [-0.39, 0.29) is 6.10 Å². The quantitative estimate of drug-likeness (QED) is 0.816. The van der Waals surface area contributed by atoms with Crippen molar-refractivity contribution < 1.29 is 5.11 Å². The van der Waals surface area contributed by atoms with Crippen LogP contribution in [0.15, 0.2) is 0 Å². The molecule has 3 rings (SSSR count). The molecule has 1 heterocycles. The van der Waals surface area contributed by atoms with E-state index in [0.717, 1.165) is 6.54 Å². The third-order valence-corrected chi connectivity index (χ3v) is 5.44. The van der Waals surface area contributed by atoms with Gasteiger partial charge in [0.15, 0.2) is 0 Å². The summed E-state index contributed by atoms with van der Waals surface area (Å²) in [5, 5.41) is 10.0. The van der Waals surface area contributed by atoms with E-state index in [9.17, 15) is 5.11 Å². The summed E-state index contributed by atoms with van der Waals surface area (Å²) in [4.78, 5) is 2.52. The van der Waals surface area contributed by atoms with Crippen LogP contribution in [0.2, 0.25) is 0 Å². The van der Waals surface area contributed by atoms with Gasteiger partial charge in [-0.3, -0.25) is 0 Å². The van der Waals surface area contributed by atoms with Crippen molar-refractivity contribution in [3.8, 4) is 0 Å². The van der Waals surface area contributed by atoms with Gasteiger partial charge in [-0.15, -0.1) is 0 Å². The van der Waals surface area contributed by atoms with Crippen molar-refractivity contribution in [1.29, 1.82) is 0 Å². The van der Waals surface area contributed by atoms with Gasteiger partial charge in [0.1, 0.15) is 0 Å². The molecular formula is C15H27NO. The fraction of sp³-hybridized carbons (Fsp3) is 1.00. The van der Waals surface area contributed by atoms with E-state index in [2.05, 4.69) is 4.90 Å². The second-order valence-electron chi connectivity index (χ2n) is 6.77. The van der Waals surface area contributed by atoms with E-state index in [0.29, 0.717) is 11.3 Å². The van der Waals surface area contributed by atoms with Crippen LogP contribution >= 0.6 is 0 Å². The van der Waals surface area contributed by atoms with E-state index in [1.54, 1.807) is 0 Å². The summed E-state index contributed by atoms with van der Waals surface area (Å²) in [5.74, 6) is 0.639. The lowest BCUT2D eigenvalue weighted by atomic mass is 9.68. The molecule has 98 valence electrons. The SMILES string of the molecule is OC(CN1CCC2(CCCCC2)CC1)C1CC1. The van der Waals surface area contributed by atoms with Crippen molar-refractivity contribution in [2.45, 2.75) is 63.9 Å². The van der Waals surface area contributed by atoms with Crippen LogP contribution in [-0.2, 0) is 0 Å². The number of rotatable bonds is 3. The number of aliphatic hydroxyl groups is 1. The molecule has 1 unspecified atom stereocenters. The van der Waals surface area contributed by atoms with E-state index in [4.69, 9.17) is 0 Å². The van der Waals surface area contributed by atoms with Gasteiger partial charge in [0.05, 0.1) is 6.10 Å². The summed E-state index contributed by atoms with van der Waals surface area (Å²) in [6, 6.07) is 0. The van der Waals surface area contributed by atoms with Crippen LogP contribution in [0.4, 0.5) is 0 Å². The van der Waals surface area contributed by atoms with Crippen molar-refractivity contribution in [1.82, 2.24) is 4.90 Å². The van der Waals surface area contributed by atoms with Crippen molar-refractivity contribution >= 4 is 0 Å². The van der Waals surface area contributed by atoms with Gasteiger partial charge < -0.3 is 10.0 Å². The Bertz CT molecular complexity index is 246. The molecular weight excluding hydrogens is 210 g/mol. The van der Waals surface area contributed by atoms with E-state index < -0.39 is 0 Å². The Morgan fingerprint density at radius 3 is 2.24 bits per heavy atom. The van der Waals surface area contributed by atoms with Gasteiger partial charge in [-0.1, -0.05) is 19.3 Å². The minimum atomic E-state index is -0.0320. The van der Waals surface area contributed by atoms with Gasteiger partial charge in [0, 0.05) is 6.54 Å². The molecule has 2 saturated carbocycles. The lowest BCUT2D eigenvalue weighted by molar-refractivity contribution is 0.0324. The van der Waals surface area contributed by atoms with E-state index in [1.807, 2.05) is 0 Å². The van der Waals surface area contributed by atoms with Crippen LogP contribution in [0.25, 0.3) is 0 Å². The molecule has 3 aliphatic rings. The van der Waals surface area contributed by atoms with Crippen LogP contribution in [0.1, 0.15) is 57.8 Å². The third-order valence-electron chi connectivity index (χ3n) is 5.44. The molecule has 1 aliphatic heterocycles. The maximum Gasteiger partial charge on any atom is 0.0695 e. The topological polar surface area (TPSA) is 23.5 Å². The van der Waals surface area contributed by atoms with Crippen molar-refractivity contribution in [2.24, 2.45) is 11.3 Å². The molecule has 2 aliphatic carbocycles. The van der Waals surface area contributed by atoms with Crippen LogP contribution in [-0.4, -0.2) is 35.7 Å². The smallest absolute Gasteiger partial charge is 0.0695 e. The second-order valence-corrected chi connectivity index (χ2v) is 6.77. The standard InChI is InChI=1S/C15H27NO/c17-14(13-4-5-13)12-16-10-8-15(9-11-16)6-2-1-3-7-15/h13-14,17H,1-12H2. The normalized spacial score (nSPS) is 31.6. The predicted molar refractivity (Wildman–Crippen MR) is 69.9 cm³/mol. The van der Waals surface area contributed by atoms with E-state index >= 15 is 0 Å². The summed E-state index contributed by atoms with van der Waals surface area (Å²) in [7, 11) is 0. The first-order valence-corrected chi connectivity index (χ1v) is 7.68. The lowest BCUT2D eigenvalue weighted by Gasteiger charge is -2.44. The Balaban J connectivity index is 1.46. The zero-order valence-electron chi connectivity index (χ0n) is 11.0. The monoisotopic (exact) mass is 237 g/mol. The molecule has 1 atom stereocenters. The first-order chi connectivity index (χ1) is 8.27. The first-order valence-electron chi connectivity index (χ1n) is 7.68. The largest absolute Gasteiger partial charge is 0.392 e. The Morgan fingerprint density at radius 1 is 1.00 bits per heavy atom. The molecule has 2 nitrogen and oxygen atoms in total. The molecule has 0 bridgehead atoms. The molecule has 0 aromatic rings. The number of aliphatic hydroxyl groups excluding tert-OH is 1. The number of β-amino-alcohol motifs (C(OH)–C–C–N with tert-alkyl or cyclic N) is 1. The average Bonchev–Trinajstić information content (AvgIpc) is 3.18. The molecule has 2 heteroatoms. The van der Waals surface area contributed by atoms with Crippen molar-refractivity contribution in [3.63, 3.8) is 0 Å². The lowest BCUT2D eigenvalue weighted by Crippen LogP contribution is -2.44. The van der Waals surface area contributed by atoms with Crippen LogP contribution in [0.5, 0.6) is 0 Å². The van der Waals surface area contributed by atoms with Gasteiger partial charge in [0.25, 0.3) is 0 Å². The molecule has 0 aromatic carbocycles. The second kappa shape index (κ2) is 4.89. The number of piperidine rings is 1. The molecule has 1 N–H and O–H groups in total.